The van der Waals surface area contributed by atoms with Gasteiger partial charge < -0.3 is 14.2 Å². The standard InChI is InChI=1S/C44H84O6/c1-7-11-15-21-31-39(29-13-9-3)43(46)48-36-25-19-17-23-33-41(50-42(45)35-27-28-38(5)6)34-24-18-20-26-37-49-44(47)40(30-14-10-4)32-22-16-12-8-2/h38-41H,7-37H2,1-6H3. The number of hydrogen-bond donors (Lipinski definition) is 0. The number of unbranched alkanes of at least 4 members (excludes halogenated alkanes) is 14. The van der Waals surface area contributed by atoms with Gasteiger partial charge in [0.2, 0.25) is 0 Å². The molecule has 0 heterocycles. The quantitative estimate of drug-likeness (QED) is 0.0363. The molecule has 0 saturated carbocycles. The van der Waals surface area contributed by atoms with Crippen molar-refractivity contribution >= 4 is 17.9 Å². The number of ether oxygens (including phenoxy) is 3. The highest BCUT2D eigenvalue weighted by Gasteiger charge is 2.20. The van der Waals surface area contributed by atoms with Gasteiger partial charge in [-0.3, -0.25) is 14.4 Å². The molecule has 0 aromatic carbocycles. The van der Waals surface area contributed by atoms with E-state index in [2.05, 4.69) is 41.5 Å². The van der Waals surface area contributed by atoms with Crippen LogP contribution in [-0.2, 0) is 28.6 Å². The van der Waals surface area contributed by atoms with E-state index in [9.17, 15) is 14.4 Å². The SMILES string of the molecule is CCCCCCC(CCCC)C(=O)OCCCCCCC(CCCCCCOC(=O)C(CCCC)CCCCCC)OC(=O)CCCC(C)C. The number of esters is 3. The molecule has 0 aliphatic heterocycles. The maximum absolute atomic E-state index is 12.7. The molecule has 0 N–H and O–H groups in total. The number of rotatable bonds is 37. The van der Waals surface area contributed by atoms with Crippen LogP contribution in [-0.4, -0.2) is 37.2 Å². The Labute approximate surface area is 310 Å². The zero-order valence-electron chi connectivity index (χ0n) is 34.2. The van der Waals surface area contributed by atoms with E-state index in [1.165, 1.54) is 38.5 Å². The maximum atomic E-state index is 12.7. The van der Waals surface area contributed by atoms with Crippen molar-refractivity contribution in [2.75, 3.05) is 13.2 Å². The Hall–Kier alpha value is -1.59. The Balaban J connectivity index is 4.51. The van der Waals surface area contributed by atoms with Crippen LogP contribution in [0.15, 0.2) is 0 Å². The summed E-state index contributed by atoms with van der Waals surface area (Å²) in [5.41, 5.74) is 0. The van der Waals surface area contributed by atoms with E-state index in [-0.39, 0.29) is 35.8 Å². The van der Waals surface area contributed by atoms with Gasteiger partial charge in [-0.1, -0.05) is 151 Å². The first-order valence-electron chi connectivity index (χ1n) is 21.8. The molecule has 0 rings (SSSR count). The molecule has 0 aliphatic rings. The first-order chi connectivity index (χ1) is 24.3. The van der Waals surface area contributed by atoms with Crippen molar-refractivity contribution in [2.24, 2.45) is 17.8 Å². The Morgan fingerprint density at radius 2 is 0.800 bits per heavy atom. The normalized spacial score (nSPS) is 13.3. The van der Waals surface area contributed by atoms with Crippen molar-refractivity contribution in [1.82, 2.24) is 0 Å². The second kappa shape index (κ2) is 35.8. The van der Waals surface area contributed by atoms with Crippen LogP contribution >= 0.6 is 0 Å². The largest absolute Gasteiger partial charge is 0.465 e. The summed E-state index contributed by atoms with van der Waals surface area (Å²) in [6, 6.07) is 0. The molecular weight excluding hydrogens is 624 g/mol. The summed E-state index contributed by atoms with van der Waals surface area (Å²) < 4.78 is 17.4. The van der Waals surface area contributed by atoms with Gasteiger partial charge in [0.25, 0.3) is 0 Å². The highest BCUT2D eigenvalue weighted by molar-refractivity contribution is 5.72. The van der Waals surface area contributed by atoms with Gasteiger partial charge in [-0.15, -0.1) is 0 Å². The summed E-state index contributed by atoms with van der Waals surface area (Å²) in [7, 11) is 0. The van der Waals surface area contributed by atoms with Crippen LogP contribution in [0.2, 0.25) is 0 Å². The predicted octanol–water partition coefficient (Wildman–Crippen LogP) is 13.3. The molecule has 2 atom stereocenters. The van der Waals surface area contributed by atoms with E-state index in [4.69, 9.17) is 14.2 Å². The first-order valence-corrected chi connectivity index (χ1v) is 21.8. The van der Waals surface area contributed by atoms with Gasteiger partial charge in [0.05, 0.1) is 25.0 Å². The molecular formula is C44H84O6. The molecule has 6 nitrogen and oxygen atoms in total. The zero-order chi connectivity index (χ0) is 37.1. The average molecular weight is 709 g/mol. The molecule has 0 aliphatic carbocycles. The average Bonchev–Trinajstić information content (AvgIpc) is 3.09. The number of hydrogen-bond acceptors (Lipinski definition) is 6. The molecule has 50 heavy (non-hydrogen) atoms. The molecule has 0 aromatic rings. The van der Waals surface area contributed by atoms with E-state index >= 15 is 0 Å². The summed E-state index contributed by atoms with van der Waals surface area (Å²) in [5.74, 6) is 0.669. The lowest BCUT2D eigenvalue weighted by Crippen LogP contribution is -2.19. The molecule has 0 amide bonds. The lowest BCUT2D eigenvalue weighted by Gasteiger charge is -2.19. The van der Waals surface area contributed by atoms with Crippen molar-refractivity contribution in [3.63, 3.8) is 0 Å². The van der Waals surface area contributed by atoms with Crippen LogP contribution in [0.3, 0.4) is 0 Å². The fourth-order valence-corrected chi connectivity index (χ4v) is 6.69. The Morgan fingerprint density at radius 3 is 1.22 bits per heavy atom. The lowest BCUT2D eigenvalue weighted by atomic mass is 9.95. The maximum Gasteiger partial charge on any atom is 0.308 e. The van der Waals surface area contributed by atoms with Crippen molar-refractivity contribution in [1.29, 1.82) is 0 Å². The lowest BCUT2D eigenvalue weighted by molar-refractivity contribution is -0.150. The highest BCUT2D eigenvalue weighted by atomic mass is 16.5. The van der Waals surface area contributed by atoms with Crippen LogP contribution in [0, 0.1) is 17.8 Å². The van der Waals surface area contributed by atoms with Crippen molar-refractivity contribution in [3.8, 4) is 0 Å². The molecule has 0 aromatic heterocycles. The molecule has 0 spiro atoms. The highest BCUT2D eigenvalue weighted by Crippen LogP contribution is 2.22. The van der Waals surface area contributed by atoms with Gasteiger partial charge in [0, 0.05) is 6.42 Å². The van der Waals surface area contributed by atoms with Gasteiger partial charge in [-0.25, -0.2) is 0 Å². The predicted molar refractivity (Wildman–Crippen MR) is 210 cm³/mol. The van der Waals surface area contributed by atoms with Gasteiger partial charge >= 0.3 is 17.9 Å². The smallest absolute Gasteiger partial charge is 0.308 e. The van der Waals surface area contributed by atoms with Crippen LogP contribution in [0.1, 0.15) is 228 Å². The monoisotopic (exact) mass is 709 g/mol. The summed E-state index contributed by atoms with van der Waals surface area (Å²) in [5, 5.41) is 0. The third-order valence-corrected chi connectivity index (χ3v) is 10.1. The fraction of sp³-hybridized carbons (Fsp3) is 0.932. The minimum absolute atomic E-state index is 0.00604. The van der Waals surface area contributed by atoms with Crippen LogP contribution in [0.4, 0.5) is 0 Å². The zero-order valence-corrected chi connectivity index (χ0v) is 34.2. The topological polar surface area (TPSA) is 78.9 Å². The Bertz CT molecular complexity index is 730. The van der Waals surface area contributed by atoms with E-state index in [0.717, 1.165) is 141 Å². The minimum atomic E-state index is -0.0610. The molecule has 0 radical (unpaired) electrons. The van der Waals surface area contributed by atoms with Crippen molar-refractivity contribution in [2.45, 2.75) is 234 Å². The molecule has 6 heteroatoms. The molecule has 0 saturated heterocycles. The third kappa shape index (κ3) is 30.1. The van der Waals surface area contributed by atoms with Crippen LogP contribution in [0.5, 0.6) is 0 Å². The van der Waals surface area contributed by atoms with E-state index in [1.54, 1.807) is 0 Å². The number of carbonyl (C=O) groups is 3. The number of carbonyl (C=O) groups excluding carboxylic acids is 3. The summed E-state index contributed by atoms with van der Waals surface area (Å²) in [6.07, 6.45) is 29.9. The second-order valence-electron chi connectivity index (χ2n) is 15.5. The molecule has 296 valence electrons. The summed E-state index contributed by atoms with van der Waals surface area (Å²) in [6.45, 7) is 14.2. The van der Waals surface area contributed by atoms with Crippen LogP contribution < -0.4 is 0 Å². The Morgan fingerprint density at radius 1 is 0.420 bits per heavy atom. The van der Waals surface area contributed by atoms with Crippen LogP contribution in [0.25, 0.3) is 0 Å². The minimum Gasteiger partial charge on any atom is -0.465 e. The molecule has 0 bridgehead atoms. The first kappa shape index (κ1) is 48.4. The fourth-order valence-electron chi connectivity index (χ4n) is 6.69. The van der Waals surface area contributed by atoms with E-state index in [1.807, 2.05) is 0 Å². The van der Waals surface area contributed by atoms with Gasteiger partial charge in [0.15, 0.2) is 0 Å². The van der Waals surface area contributed by atoms with Crippen molar-refractivity contribution < 1.29 is 28.6 Å². The summed E-state index contributed by atoms with van der Waals surface area (Å²) in [4.78, 5) is 38.1. The van der Waals surface area contributed by atoms with Crippen molar-refractivity contribution in [3.05, 3.63) is 0 Å². The molecule has 2 unspecified atom stereocenters. The van der Waals surface area contributed by atoms with Gasteiger partial charge in [-0.2, -0.15) is 0 Å². The van der Waals surface area contributed by atoms with E-state index < -0.39 is 0 Å². The Kier molecular flexibility index (Phi) is 34.7. The van der Waals surface area contributed by atoms with Gasteiger partial charge in [-0.05, 0) is 76.5 Å². The summed E-state index contributed by atoms with van der Waals surface area (Å²) >= 11 is 0. The molecule has 0 fully saturated rings. The van der Waals surface area contributed by atoms with Gasteiger partial charge in [0.1, 0.15) is 6.10 Å². The third-order valence-electron chi connectivity index (χ3n) is 10.1. The second-order valence-corrected chi connectivity index (χ2v) is 15.5. The van der Waals surface area contributed by atoms with E-state index in [0.29, 0.717) is 25.6 Å².